The van der Waals surface area contributed by atoms with Gasteiger partial charge in [-0.05, 0) is 11.6 Å². The molecule has 1 aromatic rings. The highest BCUT2D eigenvalue weighted by Crippen LogP contribution is 2.17. The third-order valence-electron chi connectivity index (χ3n) is 1.90. The monoisotopic (exact) mass is 177 g/mol. The van der Waals surface area contributed by atoms with Crippen LogP contribution in [-0.4, -0.2) is 16.8 Å². The molecule has 13 heavy (non-hydrogen) atoms. The zero-order chi connectivity index (χ0) is 9.42. The molecule has 0 unspecified atom stereocenters. The van der Waals surface area contributed by atoms with Gasteiger partial charge in [-0.2, -0.15) is 0 Å². The summed E-state index contributed by atoms with van der Waals surface area (Å²) in [7, 11) is 0. The van der Waals surface area contributed by atoms with E-state index in [1.54, 1.807) is 6.07 Å². The zero-order valence-electron chi connectivity index (χ0n) is 6.70. The number of fused-ring (bicyclic) bond motifs is 1. The normalized spacial score (nSPS) is 15.1. The van der Waals surface area contributed by atoms with Crippen LogP contribution < -0.4 is 11.1 Å². The summed E-state index contributed by atoms with van der Waals surface area (Å²) in [5, 5.41) is 2.18. The van der Waals surface area contributed by atoms with Crippen molar-refractivity contribution in [1.82, 2.24) is 10.3 Å². The highest BCUT2D eigenvalue weighted by molar-refractivity contribution is 6.11. The van der Waals surface area contributed by atoms with E-state index in [1.807, 2.05) is 0 Å². The van der Waals surface area contributed by atoms with E-state index in [4.69, 9.17) is 5.73 Å². The average Bonchev–Trinajstić information content (AvgIpc) is 2.02. The van der Waals surface area contributed by atoms with Gasteiger partial charge in [0.1, 0.15) is 5.82 Å². The number of hydrogen-bond acceptors (Lipinski definition) is 4. The maximum absolute atomic E-state index is 11.3. The summed E-state index contributed by atoms with van der Waals surface area (Å²) in [6.45, 7) is 0. The summed E-state index contributed by atoms with van der Waals surface area (Å²) >= 11 is 0. The van der Waals surface area contributed by atoms with Gasteiger partial charge < -0.3 is 5.73 Å². The van der Waals surface area contributed by atoms with Crippen molar-refractivity contribution < 1.29 is 9.59 Å². The van der Waals surface area contributed by atoms with Crippen LogP contribution in [0.2, 0.25) is 0 Å². The van der Waals surface area contributed by atoms with Crippen molar-refractivity contribution in [2.45, 2.75) is 6.42 Å². The van der Waals surface area contributed by atoms with E-state index in [-0.39, 0.29) is 18.1 Å². The molecule has 0 saturated heterocycles. The number of anilines is 1. The molecule has 66 valence electrons. The zero-order valence-corrected chi connectivity index (χ0v) is 6.70. The van der Waals surface area contributed by atoms with Gasteiger partial charge in [0.15, 0.2) is 0 Å². The molecular formula is C8H7N3O2. The molecule has 5 heteroatoms. The largest absolute Gasteiger partial charge is 0.383 e. The third kappa shape index (κ3) is 1.14. The van der Waals surface area contributed by atoms with Crippen LogP contribution >= 0.6 is 0 Å². The minimum absolute atomic E-state index is 0.169. The van der Waals surface area contributed by atoms with E-state index in [0.29, 0.717) is 11.1 Å². The molecule has 3 N–H and O–H groups in total. The number of carbonyl (C=O) groups excluding carboxylic acids is 2. The number of nitrogens with zero attached hydrogens (tertiary/aromatic N) is 1. The lowest BCUT2D eigenvalue weighted by Gasteiger charge is -2.15. The van der Waals surface area contributed by atoms with Crippen LogP contribution in [0.15, 0.2) is 12.3 Å². The summed E-state index contributed by atoms with van der Waals surface area (Å²) in [6, 6.07) is 1.63. The molecule has 0 radical (unpaired) electrons. The molecule has 2 rings (SSSR count). The topological polar surface area (TPSA) is 85.1 Å². The number of nitrogens with one attached hydrogen (secondary N) is 1. The van der Waals surface area contributed by atoms with Gasteiger partial charge >= 0.3 is 0 Å². The SMILES string of the molecule is Nc1nccc2c1C(=O)NC(=O)C2. The number of nitrogens with two attached hydrogens (primary N) is 1. The van der Waals surface area contributed by atoms with Crippen molar-refractivity contribution in [3.8, 4) is 0 Å². The molecule has 1 aliphatic rings. The lowest BCUT2D eigenvalue weighted by molar-refractivity contribution is -0.119. The second-order valence-electron chi connectivity index (χ2n) is 2.78. The lowest BCUT2D eigenvalue weighted by atomic mass is 10.0. The fraction of sp³-hybridized carbons (Fsp3) is 0.125. The van der Waals surface area contributed by atoms with Gasteiger partial charge in [0.25, 0.3) is 5.91 Å². The summed E-state index contributed by atoms with van der Waals surface area (Å²) in [6.07, 6.45) is 1.67. The van der Waals surface area contributed by atoms with E-state index < -0.39 is 5.91 Å². The van der Waals surface area contributed by atoms with E-state index >= 15 is 0 Å². The van der Waals surface area contributed by atoms with Gasteiger partial charge in [-0.3, -0.25) is 14.9 Å². The molecule has 0 fully saturated rings. The molecule has 0 aromatic carbocycles. The molecule has 0 spiro atoms. The number of hydrogen-bond donors (Lipinski definition) is 2. The molecule has 0 bridgehead atoms. The Bertz CT molecular complexity index is 400. The van der Waals surface area contributed by atoms with E-state index in [0.717, 1.165) is 0 Å². The molecule has 0 atom stereocenters. The van der Waals surface area contributed by atoms with E-state index in [2.05, 4.69) is 10.3 Å². The van der Waals surface area contributed by atoms with Crippen molar-refractivity contribution in [2.75, 3.05) is 5.73 Å². The number of imide groups is 1. The molecule has 5 nitrogen and oxygen atoms in total. The predicted octanol–water partition coefficient (Wildman–Crippen LogP) is -0.524. The Morgan fingerprint density at radius 2 is 2.23 bits per heavy atom. The first kappa shape index (κ1) is 7.72. The van der Waals surface area contributed by atoms with E-state index in [1.165, 1.54) is 6.20 Å². The molecule has 0 saturated carbocycles. The lowest BCUT2D eigenvalue weighted by Crippen LogP contribution is -2.37. The summed E-state index contributed by atoms with van der Waals surface area (Å²) < 4.78 is 0. The van der Waals surface area contributed by atoms with Crippen LogP contribution in [0.4, 0.5) is 5.82 Å². The maximum atomic E-state index is 11.3. The van der Waals surface area contributed by atoms with Crippen LogP contribution in [0, 0.1) is 0 Å². The van der Waals surface area contributed by atoms with Crippen molar-refractivity contribution >= 4 is 17.6 Å². The first-order chi connectivity index (χ1) is 6.18. The quantitative estimate of drug-likeness (QED) is 0.522. The van der Waals surface area contributed by atoms with Gasteiger partial charge in [0, 0.05) is 6.20 Å². The number of amides is 2. The fourth-order valence-corrected chi connectivity index (χ4v) is 1.34. The summed E-state index contributed by atoms with van der Waals surface area (Å²) in [5.74, 6) is -0.595. The Morgan fingerprint density at radius 1 is 1.46 bits per heavy atom. The first-order valence-corrected chi connectivity index (χ1v) is 3.76. The molecule has 0 aliphatic carbocycles. The molecular weight excluding hydrogens is 170 g/mol. The molecule has 2 amide bonds. The van der Waals surface area contributed by atoms with Gasteiger partial charge in [0.05, 0.1) is 12.0 Å². The van der Waals surface area contributed by atoms with Gasteiger partial charge in [-0.15, -0.1) is 0 Å². The second-order valence-corrected chi connectivity index (χ2v) is 2.78. The third-order valence-corrected chi connectivity index (χ3v) is 1.90. The first-order valence-electron chi connectivity index (χ1n) is 3.76. The van der Waals surface area contributed by atoms with Crippen LogP contribution in [0.1, 0.15) is 15.9 Å². The van der Waals surface area contributed by atoms with Crippen LogP contribution in [0.3, 0.4) is 0 Å². The Labute approximate surface area is 74.0 Å². The van der Waals surface area contributed by atoms with Crippen molar-refractivity contribution in [1.29, 1.82) is 0 Å². The predicted molar refractivity (Wildman–Crippen MR) is 44.8 cm³/mol. The van der Waals surface area contributed by atoms with Gasteiger partial charge in [0.2, 0.25) is 5.91 Å². The number of pyridine rings is 1. The van der Waals surface area contributed by atoms with Crippen LogP contribution in [0.5, 0.6) is 0 Å². The Morgan fingerprint density at radius 3 is 3.00 bits per heavy atom. The summed E-state index contributed by atoms with van der Waals surface area (Å²) in [5.41, 5.74) is 6.46. The van der Waals surface area contributed by atoms with Crippen molar-refractivity contribution in [2.24, 2.45) is 0 Å². The fourth-order valence-electron chi connectivity index (χ4n) is 1.34. The average molecular weight is 177 g/mol. The van der Waals surface area contributed by atoms with Gasteiger partial charge in [-0.25, -0.2) is 4.98 Å². The van der Waals surface area contributed by atoms with E-state index in [9.17, 15) is 9.59 Å². The minimum atomic E-state index is -0.461. The highest BCUT2D eigenvalue weighted by Gasteiger charge is 2.24. The van der Waals surface area contributed by atoms with Crippen molar-refractivity contribution in [3.63, 3.8) is 0 Å². The highest BCUT2D eigenvalue weighted by atomic mass is 16.2. The Hall–Kier alpha value is -1.91. The summed E-state index contributed by atoms with van der Waals surface area (Å²) in [4.78, 5) is 26.0. The Balaban J connectivity index is 2.61. The standard InChI is InChI=1S/C8H7N3O2/c9-7-6-4(1-2-10-7)3-5(12)11-8(6)13/h1-2H,3H2,(H2,9,10)(H,11,12,13). The second kappa shape index (κ2) is 2.55. The number of aromatic nitrogens is 1. The minimum Gasteiger partial charge on any atom is -0.383 e. The maximum Gasteiger partial charge on any atom is 0.261 e. The van der Waals surface area contributed by atoms with Crippen molar-refractivity contribution in [3.05, 3.63) is 23.4 Å². The number of carbonyl (C=O) groups is 2. The van der Waals surface area contributed by atoms with Crippen LogP contribution in [-0.2, 0) is 11.2 Å². The molecule has 2 heterocycles. The molecule has 1 aliphatic heterocycles. The van der Waals surface area contributed by atoms with Gasteiger partial charge in [-0.1, -0.05) is 0 Å². The number of nitrogen functional groups attached to an aromatic ring is 1. The molecule has 1 aromatic heterocycles. The van der Waals surface area contributed by atoms with Crippen LogP contribution in [0.25, 0.3) is 0 Å². The number of rotatable bonds is 0. The smallest absolute Gasteiger partial charge is 0.261 e. The Kier molecular flexibility index (Phi) is 1.51.